The lowest BCUT2D eigenvalue weighted by atomic mass is 9.65. The number of ether oxygens (including phenoxy) is 3. The number of carbonyl (C=O) groups excluding carboxylic acids is 1. The molecular formula is C28H36F3N3O6. The monoisotopic (exact) mass is 567 g/mol. The van der Waals surface area contributed by atoms with E-state index >= 15 is 0 Å². The maximum atomic E-state index is 12.8. The fourth-order valence-electron chi connectivity index (χ4n) is 5.66. The third-order valence-corrected chi connectivity index (χ3v) is 7.67. The molecule has 12 heteroatoms. The van der Waals surface area contributed by atoms with Crippen molar-refractivity contribution in [1.29, 1.82) is 0 Å². The van der Waals surface area contributed by atoms with Crippen LogP contribution in [0.4, 0.5) is 23.7 Å². The predicted octanol–water partition coefficient (Wildman–Crippen LogP) is 4.97. The normalized spacial score (nSPS) is 22.3. The SMILES string of the molecule is COc1ccc(C)cc1NC(=O)N[C@@H]1CC[C@@]2(c3ccc(OC)c(OC)c3)CCN(C)[C@H]2C1.O=C(O)C(F)(F)F. The highest BCUT2D eigenvalue weighted by molar-refractivity contribution is 5.91. The Kier molecular flexibility index (Phi) is 9.78. The van der Waals surface area contributed by atoms with Crippen LogP contribution in [0.25, 0.3) is 0 Å². The van der Waals surface area contributed by atoms with Gasteiger partial charge in [0.2, 0.25) is 0 Å². The van der Waals surface area contributed by atoms with Gasteiger partial charge in [0.05, 0.1) is 27.0 Å². The Morgan fingerprint density at radius 2 is 1.62 bits per heavy atom. The molecule has 2 amide bonds. The number of halogens is 3. The number of hydrogen-bond acceptors (Lipinski definition) is 6. The Morgan fingerprint density at radius 1 is 1.00 bits per heavy atom. The minimum absolute atomic E-state index is 0.0583. The summed E-state index contributed by atoms with van der Waals surface area (Å²) in [5.74, 6) is -0.585. The molecule has 220 valence electrons. The Labute approximate surface area is 231 Å². The van der Waals surface area contributed by atoms with E-state index in [1.54, 1.807) is 21.3 Å². The number of hydrogen-bond donors (Lipinski definition) is 3. The van der Waals surface area contributed by atoms with Gasteiger partial charge in [-0.05, 0) is 81.6 Å². The van der Waals surface area contributed by atoms with Crippen LogP contribution in [0.3, 0.4) is 0 Å². The molecule has 0 unspecified atom stereocenters. The van der Waals surface area contributed by atoms with Crippen LogP contribution in [0.15, 0.2) is 36.4 Å². The molecule has 1 saturated heterocycles. The number of fused-ring (bicyclic) bond motifs is 1. The average Bonchev–Trinajstić information content (AvgIpc) is 3.25. The summed E-state index contributed by atoms with van der Waals surface area (Å²) in [6.45, 7) is 3.03. The van der Waals surface area contributed by atoms with Crippen molar-refractivity contribution in [1.82, 2.24) is 10.2 Å². The van der Waals surface area contributed by atoms with Crippen molar-refractivity contribution in [3.63, 3.8) is 0 Å². The zero-order chi connectivity index (χ0) is 29.7. The zero-order valence-corrected chi connectivity index (χ0v) is 23.2. The summed E-state index contributed by atoms with van der Waals surface area (Å²) in [6.07, 6.45) is -1.14. The molecule has 40 heavy (non-hydrogen) atoms. The van der Waals surface area contributed by atoms with Crippen LogP contribution >= 0.6 is 0 Å². The molecule has 2 fully saturated rings. The zero-order valence-electron chi connectivity index (χ0n) is 23.2. The standard InChI is InChI=1S/C26H35N3O4.C2HF3O2/c1-17-6-8-21(31-3)20(14-17)28-25(30)27-19-10-11-26(12-13-29(2)24(26)16-19)18-7-9-22(32-4)23(15-18)33-5;3-2(4,5)1(6)7/h6-9,14-15,19,24H,10-13,16H2,1-5H3,(H2,27,28,30);(H,6,7)/t19-,24+,26+;/m1./s1. The Morgan fingerprint density at radius 3 is 2.23 bits per heavy atom. The highest BCUT2D eigenvalue weighted by Gasteiger charge is 2.50. The number of carboxylic acids is 1. The first-order valence-electron chi connectivity index (χ1n) is 12.8. The highest BCUT2D eigenvalue weighted by atomic mass is 19.4. The maximum absolute atomic E-state index is 12.8. The van der Waals surface area contributed by atoms with Crippen LogP contribution in [-0.2, 0) is 10.2 Å². The molecule has 4 rings (SSSR count). The van der Waals surface area contributed by atoms with Crippen LogP contribution in [0, 0.1) is 6.92 Å². The summed E-state index contributed by atoms with van der Waals surface area (Å²) < 4.78 is 48.2. The van der Waals surface area contributed by atoms with E-state index in [0.717, 1.165) is 49.3 Å². The van der Waals surface area contributed by atoms with Crippen LogP contribution in [-0.4, -0.2) is 75.2 Å². The number of anilines is 1. The number of aliphatic carboxylic acids is 1. The van der Waals surface area contributed by atoms with E-state index in [1.165, 1.54) is 5.56 Å². The van der Waals surface area contributed by atoms with Crippen molar-refractivity contribution < 1.29 is 42.1 Å². The van der Waals surface area contributed by atoms with Crippen molar-refractivity contribution in [3.05, 3.63) is 47.5 Å². The van der Waals surface area contributed by atoms with Crippen LogP contribution < -0.4 is 24.8 Å². The number of likely N-dealkylation sites (tertiary alicyclic amines) is 1. The third kappa shape index (κ3) is 6.90. The molecule has 0 aromatic heterocycles. The van der Waals surface area contributed by atoms with Gasteiger partial charge in [-0.1, -0.05) is 12.1 Å². The number of carboxylic acid groups (broad SMARTS) is 1. The molecule has 3 atom stereocenters. The molecule has 1 aliphatic heterocycles. The van der Waals surface area contributed by atoms with Gasteiger partial charge in [-0.3, -0.25) is 0 Å². The van der Waals surface area contributed by atoms with E-state index < -0.39 is 12.1 Å². The van der Waals surface area contributed by atoms with Crippen molar-refractivity contribution in [3.8, 4) is 17.2 Å². The number of aryl methyl sites for hydroxylation is 1. The number of amides is 2. The number of nitrogens with zero attached hydrogens (tertiary/aromatic N) is 1. The molecular weight excluding hydrogens is 531 g/mol. The number of methoxy groups -OCH3 is 3. The van der Waals surface area contributed by atoms with E-state index in [-0.39, 0.29) is 17.5 Å². The first-order valence-corrected chi connectivity index (χ1v) is 12.8. The van der Waals surface area contributed by atoms with Crippen LogP contribution in [0.1, 0.15) is 36.8 Å². The lowest BCUT2D eigenvalue weighted by molar-refractivity contribution is -0.192. The number of likely N-dealkylation sites (N-methyl/N-ethyl adjacent to an activating group) is 1. The fourth-order valence-corrected chi connectivity index (χ4v) is 5.66. The third-order valence-electron chi connectivity index (χ3n) is 7.67. The molecule has 3 N–H and O–H groups in total. The van der Waals surface area contributed by atoms with E-state index in [1.807, 2.05) is 31.2 Å². The number of carbonyl (C=O) groups is 2. The molecule has 1 saturated carbocycles. The number of benzene rings is 2. The molecule has 0 spiro atoms. The molecule has 1 aliphatic carbocycles. The van der Waals surface area contributed by atoms with Crippen LogP contribution in [0.2, 0.25) is 0 Å². The molecule has 2 aromatic carbocycles. The van der Waals surface area contributed by atoms with E-state index in [4.69, 9.17) is 24.1 Å². The largest absolute Gasteiger partial charge is 0.495 e. The van der Waals surface area contributed by atoms with Gasteiger partial charge in [0.25, 0.3) is 0 Å². The molecule has 1 heterocycles. The van der Waals surface area contributed by atoms with Gasteiger partial charge in [-0.25, -0.2) is 9.59 Å². The van der Waals surface area contributed by atoms with Crippen molar-refractivity contribution in [2.45, 2.75) is 56.3 Å². The highest BCUT2D eigenvalue weighted by Crippen LogP contribution is 2.49. The summed E-state index contributed by atoms with van der Waals surface area (Å²) in [5.41, 5.74) is 3.10. The first-order chi connectivity index (χ1) is 18.8. The second kappa shape index (κ2) is 12.7. The van der Waals surface area contributed by atoms with Crippen molar-refractivity contribution in [2.75, 3.05) is 40.2 Å². The number of alkyl halides is 3. The van der Waals surface area contributed by atoms with E-state index in [9.17, 15) is 18.0 Å². The Bertz CT molecular complexity index is 1210. The molecule has 9 nitrogen and oxygen atoms in total. The van der Waals surface area contributed by atoms with Crippen molar-refractivity contribution >= 4 is 17.7 Å². The molecule has 2 aromatic rings. The number of rotatable bonds is 6. The molecule has 0 bridgehead atoms. The second-order valence-corrected chi connectivity index (χ2v) is 10.0. The van der Waals surface area contributed by atoms with Crippen molar-refractivity contribution in [2.24, 2.45) is 0 Å². The Hall–Kier alpha value is -3.67. The minimum Gasteiger partial charge on any atom is -0.495 e. The van der Waals surface area contributed by atoms with E-state index in [2.05, 4.69) is 34.7 Å². The smallest absolute Gasteiger partial charge is 0.490 e. The predicted molar refractivity (Wildman–Crippen MR) is 143 cm³/mol. The summed E-state index contributed by atoms with van der Waals surface area (Å²) in [6, 6.07) is 12.3. The second-order valence-electron chi connectivity index (χ2n) is 10.0. The fraction of sp³-hybridized carbons (Fsp3) is 0.500. The topological polar surface area (TPSA) is 109 Å². The minimum atomic E-state index is -5.08. The molecule has 0 radical (unpaired) electrons. The van der Waals surface area contributed by atoms with Gasteiger partial charge in [-0.2, -0.15) is 13.2 Å². The van der Waals surface area contributed by atoms with Crippen LogP contribution in [0.5, 0.6) is 17.2 Å². The average molecular weight is 568 g/mol. The van der Waals surface area contributed by atoms with Gasteiger partial charge in [0.15, 0.2) is 11.5 Å². The Balaban J connectivity index is 0.000000559. The first kappa shape index (κ1) is 30.9. The summed E-state index contributed by atoms with van der Waals surface area (Å²) in [5, 5.41) is 13.3. The quantitative estimate of drug-likeness (QED) is 0.452. The van der Waals surface area contributed by atoms with Gasteiger partial charge in [-0.15, -0.1) is 0 Å². The van der Waals surface area contributed by atoms with Gasteiger partial charge in [0, 0.05) is 17.5 Å². The summed E-state index contributed by atoms with van der Waals surface area (Å²) >= 11 is 0. The maximum Gasteiger partial charge on any atom is 0.490 e. The van der Waals surface area contributed by atoms with E-state index in [0.29, 0.717) is 17.5 Å². The van der Waals surface area contributed by atoms with Gasteiger partial charge >= 0.3 is 18.2 Å². The summed E-state index contributed by atoms with van der Waals surface area (Å²) in [4.78, 5) is 24.1. The lowest BCUT2D eigenvalue weighted by Crippen LogP contribution is -2.52. The molecule has 2 aliphatic rings. The lowest BCUT2D eigenvalue weighted by Gasteiger charge is -2.45. The van der Waals surface area contributed by atoms with Gasteiger partial charge in [0.1, 0.15) is 5.75 Å². The number of nitrogens with one attached hydrogen (secondary N) is 2. The number of urea groups is 1. The summed E-state index contributed by atoms with van der Waals surface area (Å²) in [7, 11) is 7.14. The van der Waals surface area contributed by atoms with Gasteiger partial charge < -0.3 is 34.9 Å².